The number of thiophene rings is 1. The van der Waals surface area contributed by atoms with Crippen molar-refractivity contribution in [3.63, 3.8) is 0 Å². The Hall–Kier alpha value is -3.06. The Balaban J connectivity index is 1.53. The number of aromatic nitrogens is 2. The lowest BCUT2D eigenvalue weighted by Crippen LogP contribution is -2.50. The minimum atomic E-state index is -0.664. The van der Waals surface area contributed by atoms with Gasteiger partial charge in [0.2, 0.25) is 5.91 Å². The second kappa shape index (κ2) is 8.36. The highest BCUT2D eigenvalue weighted by atomic mass is 32.1. The Morgan fingerprint density at radius 1 is 1.10 bits per heavy atom. The van der Waals surface area contributed by atoms with Gasteiger partial charge in [-0.1, -0.05) is 30.3 Å². The molecule has 0 atom stereocenters. The highest BCUT2D eigenvalue weighted by Gasteiger charge is 2.41. The molecule has 0 spiro atoms. The van der Waals surface area contributed by atoms with Crippen LogP contribution in [0.15, 0.2) is 54.2 Å². The second-order valence-corrected chi connectivity index (χ2v) is 8.74. The number of likely N-dealkylation sites (tertiary alicyclic amines) is 1. The Labute approximate surface area is 179 Å². The van der Waals surface area contributed by atoms with Gasteiger partial charge in [-0.3, -0.25) is 14.6 Å². The molecule has 2 N–H and O–H groups in total. The van der Waals surface area contributed by atoms with E-state index in [2.05, 4.69) is 28.2 Å². The smallest absolute Gasteiger partial charge is 0.274 e. The maximum absolute atomic E-state index is 12.8. The van der Waals surface area contributed by atoms with Gasteiger partial charge in [0.15, 0.2) is 0 Å². The van der Waals surface area contributed by atoms with E-state index < -0.39 is 5.41 Å². The Morgan fingerprint density at radius 2 is 1.87 bits per heavy atom. The molecule has 0 radical (unpaired) electrons. The zero-order valence-electron chi connectivity index (χ0n) is 16.9. The van der Waals surface area contributed by atoms with Gasteiger partial charge in [0.05, 0.1) is 17.3 Å². The number of nitrogens with zero attached hydrogens (tertiary/aromatic N) is 3. The van der Waals surface area contributed by atoms with E-state index in [0.717, 1.165) is 16.8 Å². The SMILES string of the molecule is Cc1cnc(C(=O)N2CCC(Cc3ccccc3-c3cccs3)(C(N)=O)CC2)cn1. The molecular formula is C23H24N4O2S. The summed E-state index contributed by atoms with van der Waals surface area (Å²) in [6.45, 7) is 2.77. The van der Waals surface area contributed by atoms with Crippen molar-refractivity contribution in [3.05, 3.63) is 71.1 Å². The number of nitrogens with two attached hydrogens (primary N) is 1. The zero-order chi connectivity index (χ0) is 21.1. The van der Waals surface area contributed by atoms with E-state index in [-0.39, 0.29) is 11.8 Å². The first-order chi connectivity index (χ1) is 14.5. The molecule has 0 aliphatic carbocycles. The number of amides is 2. The van der Waals surface area contributed by atoms with Crippen molar-refractivity contribution in [2.24, 2.45) is 11.1 Å². The molecule has 7 heteroatoms. The van der Waals surface area contributed by atoms with Crippen molar-refractivity contribution in [1.82, 2.24) is 14.9 Å². The molecule has 1 aliphatic rings. The first kappa shape index (κ1) is 20.2. The molecule has 0 unspecified atom stereocenters. The number of hydrogen-bond donors (Lipinski definition) is 1. The van der Waals surface area contributed by atoms with Gasteiger partial charge >= 0.3 is 0 Å². The zero-order valence-corrected chi connectivity index (χ0v) is 17.7. The number of carbonyl (C=O) groups excluding carboxylic acids is 2. The molecule has 1 saturated heterocycles. The maximum Gasteiger partial charge on any atom is 0.274 e. The van der Waals surface area contributed by atoms with Crippen LogP contribution in [0.2, 0.25) is 0 Å². The van der Waals surface area contributed by atoms with E-state index in [1.54, 1.807) is 22.4 Å². The minimum absolute atomic E-state index is 0.153. The number of primary amides is 1. The third-order valence-corrected chi connectivity index (χ3v) is 6.77. The third kappa shape index (κ3) is 3.98. The van der Waals surface area contributed by atoms with Gasteiger partial charge < -0.3 is 10.6 Å². The van der Waals surface area contributed by atoms with Crippen LogP contribution in [0, 0.1) is 12.3 Å². The van der Waals surface area contributed by atoms with Crippen molar-refractivity contribution < 1.29 is 9.59 Å². The summed E-state index contributed by atoms with van der Waals surface area (Å²) in [5, 5.41) is 2.05. The van der Waals surface area contributed by atoms with E-state index in [1.807, 2.05) is 30.5 Å². The van der Waals surface area contributed by atoms with Crippen LogP contribution < -0.4 is 5.73 Å². The lowest BCUT2D eigenvalue weighted by atomic mass is 9.72. The van der Waals surface area contributed by atoms with Crippen molar-refractivity contribution in [2.45, 2.75) is 26.2 Å². The highest BCUT2D eigenvalue weighted by molar-refractivity contribution is 7.13. The summed E-state index contributed by atoms with van der Waals surface area (Å²) in [5.41, 5.74) is 8.59. The van der Waals surface area contributed by atoms with Crippen LogP contribution in [0.1, 0.15) is 34.6 Å². The van der Waals surface area contributed by atoms with E-state index in [4.69, 9.17) is 5.73 Å². The number of rotatable bonds is 5. The normalized spacial score (nSPS) is 15.7. The van der Waals surface area contributed by atoms with Gasteiger partial charge in [-0.05, 0) is 48.8 Å². The van der Waals surface area contributed by atoms with Crippen molar-refractivity contribution in [2.75, 3.05) is 13.1 Å². The summed E-state index contributed by atoms with van der Waals surface area (Å²) in [6.07, 6.45) is 4.73. The summed E-state index contributed by atoms with van der Waals surface area (Å²) in [4.78, 5) is 36.6. The molecule has 2 amide bonds. The second-order valence-electron chi connectivity index (χ2n) is 7.79. The molecule has 154 valence electrons. The number of benzene rings is 1. The molecule has 3 heterocycles. The van der Waals surface area contributed by atoms with Crippen molar-refractivity contribution >= 4 is 23.2 Å². The quantitative estimate of drug-likeness (QED) is 0.684. The molecular weight excluding hydrogens is 396 g/mol. The van der Waals surface area contributed by atoms with E-state index in [1.165, 1.54) is 11.1 Å². The van der Waals surface area contributed by atoms with Crippen LogP contribution >= 0.6 is 11.3 Å². The lowest BCUT2D eigenvalue weighted by molar-refractivity contribution is -0.130. The topological polar surface area (TPSA) is 89.2 Å². The molecule has 6 nitrogen and oxygen atoms in total. The number of hydrogen-bond acceptors (Lipinski definition) is 5. The highest BCUT2D eigenvalue weighted by Crippen LogP contribution is 2.38. The number of piperidine rings is 1. The van der Waals surface area contributed by atoms with Gasteiger partial charge in [0, 0.05) is 24.2 Å². The van der Waals surface area contributed by atoms with Gasteiger partial charge in [-0.25, -0.2) is 4.98 Å². The monoisotopic (exact) mass is 420 g/mol. The standard InChI is InChI=1S/C23H24N4O2S/c1-16-14-26-19(15-25-16)21(28)27-10-8-23(9-11-27,22(24)29)13-17-5-2-3-6-18(17)20-7-4-12-30-20/h2-7,12,14-15H,8-11,13H2,1H3,(H2,24,29). The van der Waals surface area contributed by atoms with Crippen LogP contribution in [0.3, 0.4) is 0 Å². The summed E-state index contributed by atoms with van der Waals surface area (Å²) in [7, 11) is 0. The summed E-state index contributed by atoms with van der Waals surface area (Å²) >= 11 is 1.68. The predicted octanol–water partition coefficient (Wildman–Crippen LogP) is 3.46. The maximum atomic E-state index is 12.8. The molecule has 1 aromatic carbocycles. The molecule has 1 fully saturated rings. The molecule has 4 rings (SSSR count). The molecule has 3 aromatic rings. The third-order valence-electron chi connectivity index (χ3n) is 5.86. The molecule has 30 heavy (non-hydrogen) atoms. The van der Waals surface area contributed by atoms with E-state index in [9.17, 15) is 9.59 Å². The number of aryl methyl sites for hydroxylation is 1. The van der Waals surface area contributed by atoms with E-state index in [0.29, 0.717) is 38.0 Å². The minimum Gasteiger partial charge on any atom is -0.369 e. The number of carbonyl (C=O) groups is 2. The predicted molar refractivity (Wildman–Crippen MR) is 117 cm³/mol. The molecule has 0 bridgehead atoms. The van der Waals surface area contributed by atoms with Gasteiger partial charge in [-0.15, -0.1) is 11.3 Å². The van der Waals surface area contributed by atoms with Crippen LogP contribution in [0.25, 0.3) is 10.4 Å². The molecule has 2 aromatic heterocycles. The Bertz CT molecular complexity index is 1040. The van der Waals surface area contributed by atoms with Crippen LogP contribution in [0.4, 0.5) is 0 Å². The summed E-state index contributed by atoms with van der Waals surface area (Å²) in [6, 6.07) is 12.3. The molecule has 1 aliphatic heterocycles. The summed E-state index contributed by atoms with van der Waals surface area (Å²) < 4.78 is 0. The van der Waals surface area contributed by atoms with Crippen molar-refractivity contribution in [3.8, 4) is 10.4 Å². The Morgan fingerprint density at radius 3 is 2.50 bits per heavy atom. The van der Waals surface area contributed by atoms with Gasteiger partial charge in [0.25, 0.3) is 5.91 Å². The largest absolute Gasteiger partial charge is 0.369 e. The molecule has 0 saturated carbocycles. The van der Waals surface area contributed by atoms with Gasteiger partial charge in [-0.2, -0.15) is 0 Å². The fourth-order valence-electron chi connectivity index (χ4n) is 4.02. The average molecular weight is 421 g/mol. The van der Waals surface area contributed by atoms with Gasteiger partial charge in [0.1, 0.15) is 5.69 Å². The van der Waals surface area contributed by atoms with Crippen LogP contribution in [0.5, 0.6) is 0 Å². The Kier molecular flexibility index (Phi) is 5.63. The van der Waals surface area contributed by atoms with Crippen molar-refractivity contribution in [1.29, 1.82) is 0 Å². The summed E-state index contributed by atoms with van der Waals surface area (Å²) in [5.74, 6) is -0.453. The average Bonchev–Trinajstić information content (AvgIpc) is 3.29. The fraction of sp³-hybridized carbons (Fsp3) is 0.304. The first-order valence-electron chi connectivity index (χ1n) is 9.98. The lowest BCUT2D eigenvalue weighted by Gasteiger charge is -2.40. The van der Waals surface area contributed by atoms with E-state index >= 15 is 0 Å². The van der Waals surface area contributed by atoms with Crippen LogP contribution in [-0.2, 0) is 11.2 Å². The fourth-order valence-corrected chi connectivity index (χ4v) is 4.81. The first-order valence-corrected chi connectivity index (χ1v) is 10.9. The van der Waals surface area contributed by atoms with Crippen LogP contribution in [-0.4, -0.2) is 39.8 Å².